The van der Waals surface area contributed by atoms with Gasteiger partial charge in [-0.2, -0.15) is 0 Å². The molecule has 0 heterocycles. The Hall–Kier alpha value is -2.69. The molecule has 2 rings (SSSR count). The van der Waals surface area contributed by atoms with Crippen LogP contribution in [-0.2, 0) is 4.79 Å². The first-order valence-electron chi connectivity index (χ1n) is 5.68. The van der Waals surface area contributed by atoms with Crippen molar-refractivity contribution in [2.45, 2.75) is 0 Å². The summed E-state index contributed by atoms with van der Waals surface area (Å²) in [6.07, 6.45) is 2.44. The molecule has 0 aromatic heterocycles. The Morgan fingerprint density at radius 2 is 1.60 bits per heavy atom. The zero-order valence-corrected chi connectivity index (χ0v) is 10.2. The summed E-state index contributed by atoms with van der Waals surface area (Å²) in [6.45, 7) is 0. The van der Waals surface area contributed by atoms with Crippen LogP contribution in [0.5, 0.6) is 11.5 Å². The molecule has 0 saturated carbocycles. The lowest BCUT2D eigenvalue weighted by molar-refractivity contribution is -0.131. The second-order valence-electron chi connectivity index (χ2n) is 3.95. The monoisotopic (exact) mass is 276 g/mol. The highest BCUT2D eigenvalue weighted by Crippen LogP contribution is 2.23. The van der Waals surface area contributed by atoms with Crippen LogP contribution in [0.4, 0.5) is 8.78 Å². The molecule has 0 amide bonds. The largest absolute Gasteiger partial charge is 0.478 e. The van der Waals surface area contributed by atoms with Crippen LogP contribution in [-0.4, -0.2) is 11.1 Å². The topological polar surface area (TPSA) is 46.5 Å². The van der Waals surface area contributed by atoms with Crippen molar-refractivity contribution < 1.29 is 23.4 Å². The molecule has 3 nitrogen and oxygen atoms in total. The molecule has 0 radical (unpaired) electrons. The zero-order chi connectivity index (χ0) is 14.5. The lowest BCUT2D eigenvalue weighted by Gasteiger charge is -2.06. The predicted molar refractivity (Wildman–Crippen MR) is 69.5 cm³/mol. The van der Waals surface area contributed by atoms with Crippen LogP contribution in [0.25, 0.3) is 6.08 Å². The van der Waals surface area contributed by atoms with Crippen molar-refractivity contribution in [2.75, 3.05) is 0 Å². The molecule has 2 aromatic rings. The number of hydrogen-bond donors (Lipinski definition) is 1. The van der Waals surface area contributed by atoms with Crippen molar-refractivity contribution in [2.24, 2.45) is 0 Å². The Morgan fingerprint density at radius 3 is 2.15 bits per heavy atom. The van der Waals surface area contributed by atoms with E-state index < -0.39 is 17.6 Å². The molecule has 0 aliphatic heterocycles. The van der Waals surface area contributed by atoms with Gasteiger partial charge in [-0.25, -0.2) is 13.6 Å². The molecular weight excluding hydrogens is 266 g/mol. The first-order chi connectivity index (χ1) is 9.52. The van der Waals surface area contributed by atoms with E-state index in [-0.39, 0.29) is 5.75 Å². The zero-order valence-electron chi connectivity index (χ0n) is 10.2. The van der Waals surface area contributed by atoms with Gasteiger partial charge in [0.2, 0.25) is 0 Å². The van der Waals surface area contributed by atoms with Gasteiger partial charge in [0, 0.05) is 24.3 Å². The predicted octanol–water partition coefficient (Wildman–Crippen LogP) is 3.85. The molecule has 0 saturated heterocycles. The van der Waals surface area contributed by atoms with E-state index in [1.807, 2.05) is 0 Å². The number of aliphatic carboxylic acids is 1. The van der Waals surface area contributed by atoms with Gasteiger partial charge in [-0.1, -0.05) is 12.1 Å². The second kappa shape index (κ2) is 5.97. The fourth-order valence-corrected chi connectivity index (χ4v) is 1.54. The van der Waals surface area contributed by atoms with Crippen LogP contribution in [0.1, 0.15) is 5.56 Å². The Bertz CT molecular complexity index is 628. The third-order valence-corrected chi connectivity index (χ3v) is 2.37. The molecule has 1 N–H and O–H groups in total. The Balaban J connectivity index is 2.12. The Kier molecular flexibility index (Phi) is 4.10. The van der Waals surface area contributed by atoms with Gasteiger partial charge >= 0.3 is 5.97 Å². The van der Waals surface area contributed by atoms with Crippen LogP contribution in [0.15, 0.2) is 48.5 Å². The number of rotatable bonds is 4. The summed E-state index contributed by atoms with van der Waals surface area (Å²) in [4.78, 5) is 10.4. The van der Waals surface area contributed by atoms with Gasteiger partial charge in [0.05, 0.1) is 0 Å². The van der Waals surface area contributed by atoms with E-state index in [2.05, 4.69) is 0 Å². The number of ether oxygens (including phenoxy) is 1. The summed E-state index contributed by atoms with van der Waals surface area (Å²) in [5, 5.41) is 8.49. The summed E-state index contributed by atoms with van der Waals surface area (Å²) in [5.41, 5.74) is 0.671. The van der Waals surface area contributed by atoms with E-state index in [4.69, 9.17) is 9.84 Å². The van der Waals surface area contributed by atoms with Crippen molar-refractivity contribution in [3.8, 4) is 11.5 Å². The van der Waals surface area contributed by atoms with E-state index in [1.54, 1.807) is 24.3 Å². The number of carboxylic acid groups (broad SMARTS) is 1. The quantitative estimate of drug-likeness (QED) is 0.863. The molecule has 20 heavy (non-hydrogen) atoms. The lowest BCUT2D eigenvalue weighted by Crippen LogP contribution is -1.88. The van der Waals surface area contributed by atoms with Crippen molar-refractivity contribution in [3.05, 3.63) is 65.7 Å². The van der Waals surface area contributed by atoms with Gasteiger partial charge in [-0.05, 0) is 23.8 Å². The third kappa shape index (κ3) is 3.91. The van der Waals surface area contributed by atoms with E-state index in [1.165, 1.54) is 6.08 Å². The molecule has 102 valence electrons. The van der Waals surface area contributed by atoms with Crippen LogP contribution >= 0.6 is 0 Å². The average Bonchev–Trinajstić information content (AvgIpc) is 2.36. The van der Waals surface area contributed by atoms with Crippen molar-refractivity contribution >= 4 is 12.0 Å². The van der Waals surface area contributed by atoms with Crippen LogP contribution in [0.2, 0.25) is 0 Å². The first-order valence-corrected chi connectivity index (χ1v) is 5.68. The molecule has 0 aliphatic rings. The maximum atomic E-state index is 13.0. The summed E-state index contributed by atoms with van der Waals surface area (Å²) in [5.74, 6) is -2.04. The van der Waals surface area contributed by atoms with E-state index in [9.17, 15) is 13.6 Å². The van der Waals surface area contributed by atoms with E-state index in [0.29, 0.717) is 11.3 Å². The number of carboxylic acids is 1. The summed E-state index contributed by atoms with van der Waals surface area (Å²) >= 11 is 0. The molecule has 0 atom stereocenters. The van der Waals surface area contributed by atoms with Gasteiger partial charge in [0.25, 0.3) is 0 Å². The molecule has 0 bridgehead atoms. The van der Waals surface area contributed by atoms with E-state index in [0.717, 1.165) is 24.3 Å². The number of hydrogen-bond acceptors (Lipinski definition) is 2. The second-order valence-corrected chi connectivity index (χ2v) is 3.95. The maximum absolute atomic E-state index is 13.0. The van der Waals surface area contributed by atoms with Crippen LogP contribution in [0.3, 0.4) is 0 Å². The third-order valence-electron chi connectivity index (χ3n) is 2.37. The highest BCUT2D eigenvalue weighted by Gasteiger charge is 2.03. The van der Waals surface area contributed by atoms with Gasteiger partial charge < -0.3 is 9.84 Å². The molecule has 0 fully saturated rings. The normalized spacial score (nSPS) is 10.7. The summed E-state index contributed by atoms with van der Waals surface area (Å²) in [7, 11) is 0. The number of halogens is 2. The smallest absolute Gasteiger partial charge is 0.328 e. The molecule has 2 aromatic carbocycles. The van der Waals surface area contributed by atoms with Crippen molar-refractivity contribution in [3.63, 3.8) is 0 Å². The van der Waals surface area contributed by atoms with Crippen LogP contribution in [0, 0.1) is 11.6 Å². The molecule has 5 heteroatoms. The SMILES string of the molecule is O=C(O)C=Cc1ccc(Oc2cc(F)cc(F)c2)cc1. The molecule has 0 spiro atoms. The summed E-state index contributed by atoms with van der Waals surface area (Å²) in [6, 6.07) is 9.30. The van der Waals surface area contributed by atoms with Crippen LogP contribution < -0.4 is 4.74 Å². The fourth-order valence-electron chi connectivity index (χ4n) is 1.54. The van der Waals surface area contributed by atoms with Crippen molar-refractivity contribution in [1.29, 1.82) is 0 Å². The minimum absolute atomic E-state index is 0.0522. The minimum Gasteiger partial charge on any atom is -0.478 e. The summed E-state index contributed by atoms with van der Waals surface area (Å²) < 4.78 is 31.3. The molecule has 0 aliphatic carbocycles. The van der Waals surface area contributed by atoms with E-state index >= 15 is 0 Å². The van der Waals surface area contributed by atoms with Gasteiger partial charge in [-0.3, -0.25) is 0 Å². The van der Waals surface area contributed by atoms with Gasteiger partial charge in [-0.15, -0.1) is 0 Å². The fraction of sp³-hybridized carbons (Fsp3) is 0. The standard InChI is InChI=1S/C15H10F2O3/c16-11-7-12(17)9-14(8-11)20-13-4-1-10(2-5-13)3-6-15(18)19/h1-9H,(H,18,19). The number of benzene rings is 2. The Morgan fingerprint density at radius 1 is 1.00 bits per heavy atom. The Labute approximate surface area is 113 Å². The lowest BCUT2D eigenvalue weighted by atomic mass is 10.2. The van der Waals surface area contributed by atoms with Gasteiger partial charge in [0.15, 0.2) is 0 Å². The average molecular weight is 276 g/mol. The van der Waals surface area contributed by atoms with Gasteiger partial charge in [0.1, 0.15) is 23.1 Å². The molecule has 0 unspecified atom stereocenters. The first kappa shape index (κ1) is 13.7. The maximum Gasteiger partial charge on any atom is 0.328 e. The minimum atomic E-state index is -1.04. The highest BCUT2D eigenvalue weighted by atomic mass is 19.1. The van der Waals surface area contributed by atoms with Crippen molar-refractivity contribution in [1.82, 2.24) is 0 Å². The highest BCUT2D eigenvalue weighted by molar-refractivity contribution is 5.85. The molecular formula is C15H10F2O3. The number of carbonyl (C=O) groups is 1.